The Labute approximate surface area is 123 Å². The first kappa shape index (κ1) is 14.5. The topological polar surface area (TPSA) is 46.6 Å². The molecule has 0 aromatic heterocycles. The van der Waals surface area contributed by atoms with E-state index in [9.17, 15) is 9.59 Å². The summed E-state index contributed by atoms with van der Waals surface area (Å²) in [5.41, 5.74) is 0. The van der Waals surface area contributed by atoms with Crippen molar-refractivity contribution in [1.82, 2.24) is 4.90 Å². The predicted octanol–water partition coefficient (Wildman–Crippen LogP) is 2.13. The number of likely N-dealkylation sites (tertiary alicyclic amines) is 1. The van der Waals surface area contributed by atoms with Crippen LogP contribution in [-0.2, 0) is 14.3 Å². The number of nitrogens with zero attached hydrogens (tertiary/aromatic N) is 1. The maximum atomic E-state index is 11.5. The summed E-state index contributed by atoms with van der Waals surface area (Å²) < 4.78 is 6.07. The molecule has 6 heteroatoms. The number of halogens is 2. The SMILES string of the molecule is CC(=O)OC(CI)CC(I)N1CCCC1=O. The second-order valence-corrected chi connectivity index (χ2v) is 6.07. The zero-order valence-corrected chi connectivity index (χ0v) is 13.4. The maximum absolute atomic E-state index is 11.5. The molecule has 0 spiro atoms. The smallest absolute Gasteiger partial charge is 0.302 e. The fourth-order valence-electron chi connectivity index (χ4n) is 1.69. The summed E-state index contributed by atoms with van der Waals surface area (Å²) in [6.07, 6.45) is 2.23. The molecule has 0 N–H and O–H groups in total. The van der Waals surface area contributed by atoms with Crippen LogP contribution in [0, 0.1) is 0 Å². The Morgan fingerprint density at radius 1 is 1.62 bits per heavy atom. The minimum Gasteiger partial charge on any atom is -0.462 e. The molecule has 1 amide bonds. The number of rotatable bonds is 5. The van der Waals surface area contributed by atoms with Gasteiger partial charge in [-0.2, -0.15) is 0 Å². The Hall–Kier alpha value is 0.400. The molecular weight excluding hydrogens is 436 g/mol. The Balaban J connectivity index is 2.44. The lowest BCUT2D eigenvalue weighted by atomic mass is 10.2. The summed E-state index contributed by atoms with van der Waals surface area (Å²) >= 11 is 4.46. The molecule has 1 fully saturated rings. The molecule has 1 aliphatic rings. The van der Waals surface area contributed by atoms with Crippen molar-refractivity contribution >= 4 is 57.1 Å². The molecule has 0 aromatic carbocycles. The molecule has 0 saturated carbocycles. The van der Waals surface area contributed by atoms with E-state index in [4.69, 9.17) is 4.74 Å². The first-order valence-electron chi connectivity index (χ1n) is 5.21. The van der Waals surface area contributed by atoms with Crippen LogP contribution in [0.5, 0.6) is 0 Å². The highest BCUT2D eigenvalue weighted by molar-refractivity contribution is 14.1. The van der Waals surface area contributed by atoms with Crippen molar-refractivity contribution in [3.05, 3.63) is 0 Å². The van der Waals surface area contributed by atoms with E-state index < -0.39 is 0 Å². The molecule has 0 aromatic rings. The van der Waals surface area contributed by atoms with Gasteiger partial charge < -0.3 is 9.64 Å². The van der Waals surface area contributed by atoms with Gasteiger partial charge in [0, 0.05) is 30.7 Å². The average Bonchev–Trinajstić information content (AvgIpc) is 2.62. The lowest BCUT2D eigenvalue weighted by Gasteiger charge is -2.25. The number of alkyl halides is 2. The van der Waals surface area contributed by atoms with Gasteiger partial charge in [0.15, 0.2) is 0 Å². The fraction of sp³-hybridized carbons (Fsp3) is 0.800. The van der Waals surface area contributed by atoms with Crippen molar-refractivity contribution in [2.45, 2.75) is 36.3 Å². The molecule has 2 atom stereocenters. The van der Waals surface area contributed by atoms with Crippen LogP contribution in [0.3, 0.4) is 0 Å². The Kier molecular flexibility index (Phi) is 6.30. The molecule has 0 radical (unpaired) electrons. The standard InChI is InChI=1S/C10H15I2NO3/c1-7(14)16-8(6-11)5-9(12)13-4-2-3-10(13)15/h8-9H,2-6H2,1H3. The highest BCUT2D eigenvalue weighted by Crippen LogP contribution is 2.23. The minimum atomic E-state index is -0.252. The van der Waals surface area contributed by atoms with E-state index in [1.807, 2.05) is 4.90 Å². The largest absolute Gasteiger partial charge is 0.462 e. The van der Waals surface area contributed by atoms with Gasteiger partial charge in [-0.25, -0.2) is 0 Å². The van der Waals surface area contributed by atoms with E-state index in [1.54, 1.807) is 0 Å². The van der Waals surface area contributed by atoms with Crippen LogP contribution in [0.1, 0.15) is 26.2 Å². The highest BCUT2D eigenvalue weighted by Gasteiger charge is 2.28. The van der Waals surface area contributed by atoms with E-state index in [0.29, 0.717) is 6.42 Å². The number of carbonyl (C=O) groups is 2. The monoisotopic (exact) mass is 451 g/mol. The third-order valence-corrected chi connectivity index (χ3v) is 4.57. The maximum Gasteiger partial charge on any atom is 0.302 e. The lowest BCUT2D eigenvalue weighted by Crippen LogP contribution is -2.35. The quantitative estimate of drug-likeness (QED) is 0.279. The number of esters is 1. The van der Waals surface area contributed by atoms with Gasteiger partial charge in [0.25, 0.3) is 0 Å². The van der Waals surface area contributed by atoms with E-state index in [2.05, 4.69) is 45.2 Å². The first-order valence-corrected chi connectivity index (χ1v) is 7.98. The lowest BCUT2D eigenvalue weighted by molar-refractivity contribution is -0.145. The second kappa shape index (κ2) is 6.97. The zero-order chi connectivity index (χ0) is 12.1. The number of amides is 1. The molecule has 1 saturated heterocycles. The molecule has 1 aliphatic heterocycles. The van der Waals surface area contributed by atoms with E-state index in [1.165, 1.54) is 6.92 Å². The van der Waals surface area contributed by atoms with Crippen LogP contribution >= 0.6 is 45.2 Å². The van der Waals surface area contributed by atoms with Crippen LogP contribution in [0.15, 0.2) is 0 Å². The van der Waals surface area contributed by atoms with Gasteiger partial charge in [0.1, 0.15) is 6.10 Å². The summed E-state index contributed by atoms with van der Waals surface area (Å²) in [6, 6.07) is 0. The van der Waals surface area contributed by atoms with Gasteiger partial charge in [0.2, 0.25) is 5.91 Å². The summed E-state index contributed by atoms with van der Waals surface area (Å²) in [5, 5.41) is 0. The third kappa shape index (κ3) is 4.34. The highest BCUT2D eigenvalue weighted by atomic mass is 127. The van der Waals surface area contributed by atoms with Crippen molar-refractivity contribution < 1.29 is 14.3 Å². The van der Waals surface area contributed by atoms with Gasteiger partial charge in [-0.05, 0) is 6.42 Å². The van der Waals surface area contributed by atoms with Crippen molar-refractivity contribution in [2.75, 3.05) is 11.0 Å². The molecule has 0 aliphatic carbocycles. The van der Waals surface area contributed by atoms with Crippen molar-refractivity contribution in [3.8, 4) is 0 Å². The molecule has 1 heterocycles. The first-order chi connectivity index (χ1) is 7.54. The molecule has 0 bridgehead atoms. The molecule has 92 valence electrons. The molecule has 1 rings (SSSR count). The number of carbonyl (C=O) groups excluding carboxylic acids is 2. The van der Waals surface area contributed by atoms with Crippen LogP contribution < -0.4 is 0 Å². The van der Waals surface area contributed by atoms with Crippen LogP contribution in [0.4, 0.5) is 0 Å². The Morgan fingerprint density at radius 2 is 2.31 bits per heavy atom. The van der Waals surface area contributed by atoms with E-state index in [-0.39, 0.29) is 22.0 Å². The van der Waals surface area contributed by atoms with Crippen molar-refractivity contribution in [3.63, 3.8) is 0 Å². The van der Waals surface area contributed by atoms with Crippen LogP contribution in [0.2, 0.25) is 0 Å². The molecule has 16 heavy (non-hydrogen) atoms. The van der Waals surface area contributed by atoms with Crippen molar-refractivity contribution in [2.24, 2.45) is 0 Å². The number of hydrogen-bond acceptors (Lipinski definition) is 3. The zero-order valence-electron chi connectivity index (χ0n) is 9.12. The summed E-state index contributed by atoms with van der Waals surface area (Å²) in [4.78, 5) is 24.3. The van der Waals surface area contributed by atoms with Gasteiger partial charge in [-0.1, -0.05) is 45.2 Å². The number of ether oxygens (including phenoxy) is 1. The summed E-state index contributed by atoms with van der Waals surface area (Å²) in [6.45, 7) is 2.25. The van der Waals surface area contributed by atoms with Crippen molar-refractivity contribution in [1.29, 1.82) is 0 Å². The number of hydrogen-bond donors (Lipinski definition) is 0. The molecule has 2 unspecified atom stereocenters. The summed E-state index contributed by atoms with van der Waals surface area (Å²) in [7, 11) is 0. The van der Waals surface area contributed by atoms with Crippen LogP contribution in [0.25, 0.3) is 0 Å². The fourth-order valence-corrected chi connectivity index (χ4v) is 3.38. The second-order valence-electron chi connectivity index (χ2n) is 3.75. The van der Waals surface area contributed by atoms with E-state index in [0.717, 1.165) is 23.8 Å². The van der Waals surface area contributed by atoms with Crippen LogP contribution in [-0.4, -0.2) is 37.9 Å². The van der Waals surface area contributed by atoms with E-state index >= 15 is 0 Å². The predicted molar refractivity (Wildman–Crippen MR) is 77.8 cm³/mol. The van der Waals surface area contributed by atoms with Gasteiger partial charge in [0.05, 0.1) is 4.05 Å². The minimum absolute atomic E-state index is 0.0894. The normalized spacial score (nSPS) is 19.7. The van der Waals surface area contributed by atoms with Gasteiger partial charge in [-0.3, -0.25) is 9.59 Å². The molecular formula is C10H15I2NO3. The Bertz CT molecular complexity index is 273. The third-order valence-electron chi connectivity index (χ3n) is 2.41. The van der Waals surface area contributed by atoms with Gasteiger partial charge >= 0.3 is 5.97 Å². The molecule has 4 nitrogen and oxygen atoms in total. The average molecular weight is 451 g/mol. The van der Waals surface area contributed by atoms with Gasteiger partial charge in [-0.15, -0.1) is 0 Å². The summed E-state index contributed by atoms with van der Waals surface area (Å²) in [5.74, 6) is -0.0348. The Morgan fingerprint density at radius 3 is 2.75 bits per heavy atom.